The number of benzene rings is 2. The second-order valence-electron chi connectivity index (χ2n) is 7.51. The number of nitrogens with zero attached hydrogens (tertiary/aromatic N) is 3. The van der Waals surface area contributed by atoms with Gasteiger partial charge < -0.3 is 13.9 Å². The molecule has 5 rings (SSSR count). The van der Waals surface area contributed by atoms with Crippen LogP contribution in [0.1, 0.15) is 16.9 Å². The monoisotopic (exact) mass is 401 g/mol. The second-order valence-corrected chi connectivity index (χ2v) is 7.51. The third kappa shape index (κ3) is 3.95. The van der Waals surface area contributed by atoms with E-state index in [0.717, 1.165) is 53.7 Å². The Labute approximate surface area is 175 Å². The summed E-state index contributed by atoms with van der Waals surface area (Å²) in [5.41, 5.74) is 4.34. The van der Waals surface area contributed by atoms with Crippen LogP contribution in [0.2, 0.25) is 0 Å². The van der Waals surface area contributed by atoms with Gasteiger partial charge in [-0.25, -0.2) is 0 Å². The Morgan fingerprint density at radius 2 is 1.83 bits per heavy atom. The lowest BCUT2D eigenvalue weighted by Gasteiger charge is -2.15. The van der Waals surface area contributed by atoms with Gasteiger partial charge in [-0.05, 0) is 42.9 Å². The summed E-state index contributed by atoms with van der Waals surface area (Å²) in [6.45, 7) is 2.47. The molecule has 1 aliphatic heterocycles. The number of hydrogen-bond donors (Lipinski definition) is 0. The first kappa shape index (κ1) is 18.5. The molecule has 0 N–H and O–H groups in total. The molecule has 2 aromatic carbocycles. The molecule has 0 saturated heterocycles. The zero-order chi connectivity index (χ0) is 20.3. The first-order chi connectivity index (χ1) is 14.7. The van der Waals surface area contributed by atoms with E-state index in [1.807, 2.05) is 41.1 Å². The third-order valence-corrected chi connectivity index (χ3v) is 5.12. The van der Waals surface area contributed by atoms with Crippen LogP contribution in [-0.4, -0.2) is 28.5 Å². The van der Waals surface area contributed by atoms with Crippen LogP contribution in [0.25, 0.3) is 11.3 Å². The van der Waals surface area contributed by atoms with Gasteiger partial charge in [0.05, 0.1) is 25.0 Å². The van der Waals surface area contributed by atoms with Crippen molar-refractivity contribution in [1.82, 2.24) is 14.7 Å². The van der Waals surface area contributed by atoms with Gasteiger partial charge in [0.25, 0.3) is 0 Å². The molecule has 6 heteroatoms. The summed E-state index contributed by atoms with van der Waals surface area (Å²) in [6.07, 6.45) is 3.84. The average molecular weight is 401 g/mol. The number of furan rings is 1. The van der Waals surface area contributed by atoms with Crippen LogP contribution in [0.5, 0.6) is 11.5 Å². The molecule has 2 aromatic heterocycles. The van der Waals surface area contributed by atoms with Gasteiger partial charge in [-0.2, -0.15) is 5.10 Å². The molecule has 6 nitrogen and oxygen atoms in total. The highest BCUT2D eigenvalue weighted by molar-refractivity contribution is 5.67. The first-order valence-corrected chi connectivity index (χ1v) is 9.96. The molecule has 4 aromatic rings. The second kappa shape index (κ2) is 8.08. The van der Waals surface area contributed by atoms with Gasteiger partial charge in [0.15, 0.2) is 11.5 Å². The van der Waals surface area contributed by atoms with Gasteiger partial charge >= 0.3 is 0 Å². The van der Waals surface area contributed by atoms with Gasteiger partial charge in [-0.3, -0.25) is 9.58 Å². The number of hydrogen-bond acceptors (Lipinski definition) is 5. The molecule has 3 heterocycles. The Bertz CT molecular complexity index is 1120. The Morgan fingerprint density at radius 1 is 0.967 bits per heavy atom. The van der Waals surface area contributed by atoms with Crippen molar-refractivity contribution >= 4 is 0 Å². The molecule has 1 aliphatic rings. The zero-order valence-electron chi connectivity index (χ0n) is 16.8. The normalized spacial score (nSPS) is 12.6. The van der Waals surface area contributed by atoms with E-state index in [1.54, 1.807) is 6.26 Å². The summed E-state index contributed by atoms with van der Waals surface area (Å²) in [5.74, 6) is 2.48. The fourth-order valence-electron chi connectivity index (χ4n) is 3.73. The highest BCUT2D eigenvalue weighted by atomic mass is 16.7. The molecular weight excluding hydrogens is 378 g/mol. The molecule has 0 unspecified atom stereocenters. The van der Waals surface area contributed by atoms with E-state index in [1.165, 1.54) is 5.56 Å². The van der Waals surface area contributed by atoms with Crippen LogP contribution in [-0.2, 0) is 19.6 Å². The molecule has 152 valence electrons. The quantitative estimate of drug-likeness (QED) is 0.455. The molecule has 0 atom stereocenters. The summed E-state index contributed by atoms with van der Waals surface area (Å²) >= 11 is 0. The van der Waals surface area contributed by atoms with Crippen molar-refractivity contribution < 1.29 is 13.9 Å². The van der Waals surface area contributed by atoms with Crippen LogP contribution >= 0.6 is 0 Å². The Balaban J connectivity index is 1.45. The lowest BCUT2D eigenvalue weighted by atomic mass is 10.1. The van der Waals surface area contributed by atoms with Crippen LogP contribution in [0, 0.1) is 0 Å². The zero-order valence-corrected chi connectivity index (χ0v) is 16.8. The van der Waals surface area contributed by atoms with Crippen molar-refractivity contribution in [1.29, 1.82) is 0 Å². The topological polar surface area (TPSA) is 52.7 Å². The minimum absolute atomic E-state index is 0.264. The maximum atomic E-state index is 5.57. The fourth-order valence-corrected chi connectivity index (χ4v) is 3.73. The van der Waals surface area contributed by atoms with E-state index in [0.29, 0.717) is 0 Å². The fraction of sp³-hybridized carbons (Fsp3) is 0.208. The largest absolute Gasteiger partial charge is 0.468 e. The van der Waals surface area contributed by atoms with E-state index in [2.05, 4.69) is 42.4 Å². The van der Waals surface area contributed by atoms with Crippen molar-refractivity contribution in [3.8, 4) is 22.8 Å². The lowest BCUT2D eigenvalue weighted by Crippen LogP contribution is -2.17. The van der Waals surface area contributed by atoms with Crippen LogP contribution in [0.4, 0.5) is 0 Å². The highest BCUT2D eigenvalue weighted by Crippen LogP contribution is 2.36. The highest BCUT2D eigenvalue weighted by Gasteiger charge is 2.19. The predicted octanol–water partition coefficient (Wildman–Crippen LogP) is 4.55. The molecule has 0 saturated carbocycles. The first-order valence-electron chi connectivity index (χ1n) is 9.96. The number of fused-ring (bicyclic) bond motifs is 1. The number of aromatic nitrogens is 2. The Kier molecular flexibility index (Phi) is 4.99. The van der Waals surface area contributed by atoms with Crippen molar-refractivity contribution in [2.24, 2.45) is 0 Å². The van der Waals surface area contributed by atoms with E-state index in [4.69, 9.17) is 19.0 Å². The third-order valence-electron chi connectivity index (χ3n) is 5.12. The summed E-state index contributed by atoms with van der Waals surface area (Å²) in [6, 6.07) is 20.3. The van der Waals surface area contributed by atoms with Gasteiger partial charge in [-0.1, -0.05) is 30.3 Å². The van der Waals surface area contributed by atoms with Crippen LogP contribution < -0.4 is 9.47 Å². The van der Waals surface area contributed by atoms with E-state index in [-0.39, 0.29) is 6.79 Å². The molecule has 0 spiro atoms. The summed E-state index contributed by atoms with van der Waals surface area (Å²) in [7, 11) is 2.08. The summed E-state index contributed by atoms with van der Waals surface area (Å²) < 4.78 is 18.5. The van der Waals surface area contributed by atoms with Crippen molar-refractivity contribution in [3.05, 3.63) is 90.0 Å². The number of ether oxygens (including phenoxy) is 2. The molecular formula is C24H23N3O3. The van der Waals surface area contributed by atoms with E-state index >= 15 is 0 Å². The van der Waals surface area contributed by atoms with Crippen molar-refractivity contribution in [2.75, 3.05) is 13.8 Å². The lowest BCUT2D eigenvalue weighted by molar-refractivity contribution is 0.174. The summed E-state index contributed by atoms with van der Waals surface area (Å²) in [4.78, 5) is 2.22. The molecule has 0 radical (unpaired) electrons. The minimum atomic E-state index is 0.264. The maximum absolute atomic E-state index is 5.57. The standard InChI is InChI=1S/C24H23N3O3/c1-26(16-21-8-5-11-28-21)14-20-15-27(13-18-6-3-2-4-7-18)25-24(20)19-9-10-22-23(12-19)30-17-29-22/h2-12,15H,13-14,16-17H2,1H3. The van der Waals surface area contributed by atoms with E-state index < -0.39 is 0 Å². The van der Waals surface area contributed by atoms with Crippen molar-refractivity contribution in [3.63, 3.8) is 0 Å². The van der Waals surface area contributed by atoms with Crippen LogP contribution in [0.3, 0.4) is 0 Å². The van der Waals surface area contributed by atoms with E-state index in [9.17, 15) is 0 Å². The smallest absolute Gasteiger partial charge is 0.231 e. The molecule has 0 fully saturated rings. The predicted molar refractivity (Wildman–Crippen MR) is 113 cm³/mol. The SMILES string of the molecule is CN(Cc1ccco1)Cc1cn(Cc2ccccc2)nc1-c1ccc2c(c1)OCO2. The van der Waals surface area contributed by atoms with Crippen molar-refractivity contribution in [2.45, 2.75) is 19.6 Å². The molecule has 0 amide bonds. The maximum Gasteiger partial charge on any atom is 0.231 e. The average Bonchev–Trinajstić information content (AvgIpc) is 3.49. The van der Waals surface area contributed by atoms with Gasteiger partial charge in [0.1, 0.15) is 5.76 Å². The molecule has 0 bridgehead atoms. The molecule has 0 aliphatic carbocycles. The Morgan fingerprint density at radius 3 is 2.67 bits per heavy atom. The number of rotatable bonds is 7. The summed E-state index contributed by atoms with van der Waals surface area (Å²) in [5, 5.41) is 4.92. The minimum Gasteiger partial charge on any atom is -0.468 e. The molecule has 30 heavy (non-hydrogen) atoms. The van der Waals surface area contributed by atoms with Gasteiger partial charge in [-0.15, -0.1) is 0 Å². The van der Waals surface area contributed by atoms with Gasteiger partial charge in [0, 0.05) is 23.9 Å². The van der Waals surface area contributed by atoms with Gasteiger partial charge in [0.2, 0.25) is 6.79 Å². The Hall–Kier alpha value is -3.51. The van der Waals surface area contributed by atoms with Crippen LogP contribution in [0.15, 0.2) is 77.5 Å².